The number of aromatic nitrogens is 2. The number of amides is 1. The minimum absolute atomic E-state index is 0.0181. The fourth-order valence-electron chi connectivity index (χ4n) is 3.71. The number of nitrogens with zero attached hydrogens (tertiary/aromatic N) is 4. The Hall–Kier alpha value is -1.91. The molecule has 0 bridgehead atoms. The molecule has 160 valence electrons. The van der Waals surface area contributed by atoms with E-state index in [0.29, 0.717) is 12.1 Å². The van der Waals surface area contributed by atoms with E-state index in [9.17, 15) is 4.79 Å². The van der Waals surface area contributed by atoms with E-state index < -0.39 is 0 Å². The highest BCUT2D eigenvalue weighted by Gasteiger charge is 2.22. The van der Waals surface area contributed by atoms with Gasteiger partial charge in [-0.05, 0) is 42.8 Å². The van der Waals surface area contributed by atoms with Gasteiger partial charge >= 0.3 is 0 Å². The maximum atomic E-state index is 13.6. The standard InChI is InChI=1S/C22H21BrN4O2S2/c23-16-3-5-18-20(13-16)31-22(25-18)27(7-1-6-26-8-10-29-11-9-26)21(28)15-2-4-17-19(12-15)30-14-24-17/h2-5,12-14H,1,6-11H2. The summed E-state index contributed by atoms with van der Waals surface area (Å²) in [6.07, 6.45) is 0.883. The number of anilines is 1. The summed E-state index contributed by atoms with van der Waals surface area (Å²) in [4.78, 5) is 26.9. The summed E-state index contributed by atoms with van der Waals surface area (Å²) in [5.41, 5.74) is 4.31. The van der Waals surface area contributed by atoms with E-state index in [2.05, 4.69) is 31.9 Å². The molecule has 3 heterocycles. The average molecular weight is 517 g/mol. The summed E-state index contributed by atoms with van der Waals surface area (Å²) in [5, 5.41) is 0.740. The third-order valence-electron chi connectivity index (χ3n) is 5.35. The zero-order valence-electron chi connectivity index (χ0n) is 16.8. The predicted octanol–water partition coefficient (Wildman–Crippen LogP) is 5.04. The van der Waals surface area contributed by atoms with Gasteiger partial charge in [0.25, 0.3) is 5.91 Å². The Morgan fingerprint density at radius 3 is 2.84 bits per heavy atom. The first-order valence-electron chi connectivity index (χ1n) is 10.2. The van der Waals surface area contributed by atoms with Gasteiger partial charge in [0.2, 0.25) is 0 Å². The number of ether oxygens (including phenoxy) is 1. The van der Waals surface area contributed by atoms with Gasteiger partial charge in [0.15, 0.2) is 5.13 Å². The lowest BCUT2D eigenvalue weighted by Gasteiger charge is -2.27. The zero-order valence-corrected chi connectivity index (χ0v) is 20.0. The lowest BCUT2D eigenvalue weighted by molar-refractivity contribution is 0.0376. The van der Waals surface area contributed by atoms with E-state index in [1.165, 1.54) is 0 Å². The number of carbonyl (C=O) groups is 1. The normalized spacial score (nSPS) is 15.0. The average Bonchev–Trinajstić information content (AvgIpc) is 3.42. The highest BCUT2D eigenvalue weighted by atomic mass is 79.9. The van der Waals surface area contributed by atoms with Crippen LogP contribution >= 0.6 is 38.6 Å². The number of carbonyl (C=O) groups excluding carboxylic acids is 1. The van der Waals surface area contributed by atoms with Crippen LogP contribution in [-0.2, 0) is 4.74 Å². The first kappa shape index (κ1) is 21.0. The summed E-state index contributed by atoms with van der Waals surface area (Å²) < 4.78 is 8.54. The Morgan fingerprint density at radius 1 is 1.13 bits per heavy atom. The highest BCUT2D eigenvalue weighted by molar-refractivity contribution is 9.10. The van der Waals surface area contributed by atoms with Gasteiger partial charge in [-0.3, -0.25) is 14.6 Å². The minimum Gasteiger partial charge on any atom is -0.379 e. The summed E-state index contributed by atoms with van der Waals surface area (Å²) in [5.74, 6) is -0.0181. The molecule has 5 rings (SSSR count). The van der Waals surface area contributed by atoms with E-state index in [-0.39, 0.29) is 5.91 Å². The summed E-state index contributed by atoms with van der Waals surface area (Å²) in [6, 6.07) is 11.7. The molecular weight excluding hydrogens is 496 g/mol. The highest BCUT2D eigenvalue weighted by Crippen LogP contribution is 2.32. The van der Waals surface area contributed by atoms with Crippen molar-refractivity contribution in [3.8, 4) is 0 Å². The van der Waals surface area contributed by atoms with Crippen molar-refractivity contribution in [2.45, 2.75) is 6.42 Å². The van der Waals surface area contributed by atoms with Gasteiger partial charge < -0.3 is 4.74 Å². The smallest absolute Gasteiger partial charge is 0.260 e. The topological polar surface area (TPSA) is 58.6 Å². The van der Waals surface area contributed by atoms with Crippen LogP contribution < -0.4 is 4.90 Å². The fraction of sp³-hybridized carbons (Fsp3) is 0.318. The molecule has 9 heteroatoms. The van der Waals surface area contributed by atoms with Crippen molar-refractivity contribution in [1.82, 2.24) is 14.9 Å². The van der Waals surface area contributed by atoms with Crippen molar-refractivity contribution in [3.63, 3.8) is 0 Å². The van der Waals surface area contributed by atoms with Crippen LogP contribution in [0.15, 0.2) is 46.4 Å². The maximum Gasteiger partial charge on any atom is 0.260 e. The molecule has 2 aromatic carbocycles. The van der Waals surface area contributed by atoms with Crippen LogP contribution in [0.4, 0.5) is 5.13 Å². The molecule has 0 radical (unpaired) electrons. The van der Waals surface area contributed by atoms with Crippen LogP contribution in [0, 0.1) is 0 Å². The van der Waals surface area contributed by atoms with Gasteiger partial charge in [0, 0.05) is 36.2 Å². The number of fused-ring (bicyclic) bond motifs is 2. The molecule has 1 fully saturated rings. The fourth-order valence-corrected chi connectivity index (χ4v) is 5.97. The Labute approximate surface area is 196 Å². The molecule has 1 amide bonds. The molecule has 4 aromatic rings. The third-order valence-corrected chi connectivity index (χ3v) is 7.68. The molecule has 1 aliphatic rings. The number of halogens is 1. The molecule has 2 aromatic heterocycles. The molecule has 1 aliphatic heterocycles. The number of rotatable bonds is 6. The Morgan fingerprint density at radius 2 is 1.97 bits per heavy atom. The number of thiazole rings is 2. The lowest BCUT2D eigenvalue weighted by Crippen LogP contribution is -2.39. The van der Waals surface area contributed by atoms with Crippen LogP contribution in [0.25, 0.3) is 20.4 Å². The second-order valence-electron chi connectivity index (χ2n) is 7.41. The minimum atomic E-state index is -0.0181. The zero-order chi connectivity index (χ0) is 21.2. The van der Waals surface area contributed by atoms with Crippen LogP contribution in [0.3, 0.4) is 0 Å². The second-order valence-corrected chi connectivity index (χ2v) is 10.2. The Kier molecular flexibility index (Phi) is 6.29. The van der Waals surface area contributed by atoms with Crippen LogP contribution in [-0.4, -0.2) is 60.2 Å². The third kappa shape index (κ3) is 4.65. The number of hydrogen-bond donors (Lipinski definition) is 0. The van der Waals surface area contributed by atoms with Gasteiger partial charge in [-0.25, -0.2) is 9.97 Å². The van der Waals surface area contributed by atoms with Gasteiger partial charge in [0.05, 0.1) is 39.2 Å². The lowest BCUT2D eigenvalue weighted by atomic mass is 10.2. The van der Waals surface area contributed by atoms with Crippen molar-refractivity contribution in [1.29, 1.82) is 0 Å². The molecule has 1 saturated heterocycles. The molecule has 0 aliphatic carbocycles. The molecule has 0 unspecified atom stereocenters. The van der Waals surface area contributed by atoms with E-state index >= 15 is 0 Å². The van der Waals surface area contributed by atoms with Gasteiger partial charge in [0.1, 0.15) is 0 Å². The monoisotopic (exact) mass is 516 g/mol. The molecule has 6 nitrogen and oxygen atoms in total. The van der Waals surface area contributed by atoms with Crippen LogP contribution in [0.2, 0.25) is 0 Å². The Bertz CT molecular complexity index is 1220. The molecule has 0 saturated carbocycles. The van der Waals surface area contributed by atoms with Crippen molar-refractivity contribution in [2.24, 2.45) is 0 Å². The van der Waals surface area contributed by atoms with Crippen molar-refractivity contribution in [2.75, 3.05) is 44.3 Å². The number of benzene rings is 2. The van der Waals surface area contributed by atoms with Gasteiger partial charge in [-0.2, -0.15) is 0 Å². The maximum absolute atomic E-state index is 13.6. The predicted molar refractivity (Wildman–Crippen MR) is 130 cm³/mol. The molecule has 0 spiro atoms. The van der Waals surface area contributed by atoms with Crippen molar-refractivity contribution < 1.29 is 9.53 Å². The molecule has 0 N–H and O–H groups in total. The first-order chi connectivity index (χ1) is 15.2. The second kappa shape index (κ2) is 9.30. The molecule has 31 heavy (non-hydrogen) atoms. The number of hydrogen-bond acceptors (Lipinski definition) is 7. The van der Waals surface area contributed by atoms with E-state index in [1.807, 2.05) is 40.7 Å². The number of morpholine rings is 1. The van der Waals surface area contributed by atoms with Crippen molar-refractivity contribution >= 4 is 70.1 Å². The van der Waals surface area contributed by atoms with Gasteiger partial charge in [-0.1, -0.05) is 27.3 Å². The quantitative estimate of drug-likeness (QED) is 0.359. The summed E-state index contributed by atoms with van der Waals surface area (Å²) in [7, 11) is 0. The SMILES string of the molecule is O=C(c1ccc2ncsc2c1)N(CCCN1CCOCC1)c1nc2ccc(Br)cc2s1. The van der Waals surface area contributed by atoms with E-state index in [0.717, 1.165) is 69.3 Å². The summed E-state index contributed by atoms with van der Waals surface area (Å²) in [6.45, 7) is 5.03. The van der Waals surface area contributed by atoms with Crippen LogP contribution in [0.5, 0.6) is 0 Å². The summed E-state index contributed by atoms with van der Waals surface area (Å²) >= 11 is 6.63. The van der Waals surface area contributed by atoms with Crippen LogP contribution in [0.1, 0.15) is 16.8 Å². The van der Waals surface area contributed by atoms with E-state index in [1.54, 1.807) is 22.7 Å². The van der Waals surface area contributed by atoms with Gasteiger partial charge in [-0.15, -0.1) is 11.3 Å². The first-order valence-corrected chi connectivity index (χ1v) is 12.7. The Balaban J connectivity index is 1.42. The molecular formula is C22H21BrN4O2S2. The largest absolute Gasteiger partial charge is 0.379 e. The van der Waals surface area contributed by atoms with E-state index in [4.69, 9.17) is 9.72 Å². The molecule has 0 atom stereocenters. The van der Waals surface area contributed by atoms with Crippen molar-refractivity contribution in [3.05, 3.63) is 51.9 Å².